The van der Waals surface area contributed by atoms with E-state index in [0.717, 1.165) is 25.1 Å². The Morgan fingerprint density at radius 2 is 2.19 bits per heavy atom. The van der Waals surface area contributed by atoms with E-state index in [2.05, 4.69) is 9.71 Å². The minimum absolute atomic E-state index is 0.250. The second kappa shape index (κ2) is 6.55. The maximum Gasteiger partial charge on any atom is 0.371 e. The molecule has 0 radical (unpaired) electrons. The van der Waals surface area contributed by atoms with Gasteiger partial charge in [-0.2, -0.15) is 0 Å². The molecule has 2 rings (SSSR count). The van der Waals surface area contributed by atoms with E-state index in [4.69, 9.17) is 9.52 Å². The van der Waals surface area contributed by atoms with Crippen LogP contribution in [0.15, 0.2) is 40.4 Å². The second-order valence-electron chi connectivity index (χ2n) is 4.33. The molecule has 0 atom stereocenters. The van der Waals surface area contributed by atoms with Crippen molar-refractivity contribution in [2.45, 2.75) is 24.5 Å². The van der Waals surface area contributed by atoms with Crippen LogP contribution in [0.25, 0.3) is 0 Å². The first-order valence-electron chi connectivity index (χ1n) is 6.27. The Morgan fingerprint density at radius 1 is 1.38 bits per heavy atom. The molecule has 8 nitrogen and oxygen atoms in total. The average Bonchev–Trinajstić information content (AvgIpc) is 3.09. The lowest BCUT2D eigenvalue weighted by molar-refractivity contribution is 0.0656. The summed E-state index contributed by atoms with van der Waals surface area (Å²) in [5.74, 6) is -1.72. The lowest BCUT2D eigenvalue weighted by Gasteiger charge is -2.04. The van der Waals surface area contributed by atoms with Gasteiger partial charge in [0.1, 0.15) is 0 Å². The summed E-state index contributed by atoms with van der Waals surface area (Å²) in [6.45, 7) is 1.01. The summed E-state index contributed by atoms with van der Waals surface area (Å²) in [4.78, 5) is 14.5. The van der Waals surface area contributed by atoms with Gasteiger partial charge in [-0.05, 0) is 25.0 Å². The fourth-order valence-corrected chi connectivity index (χ4v) is 2.70. The number of carboxylic acids is 1. The van der Waals surface area contributed by atoms with E-state index >= 15 is 0 Å². The zero-order chi connectivity index (χ0) is 15.3. The van der Waals surface area contributed by atoms with Crippen LogP contribution in [-0.2, 0) is 16.6 Å². The Hall–Kier alpha value is -2.13. The Bertz CT molecular complexity index is 690. The van der Waals surface area contributed by atoms with E-state index in [-0.39, 0.29) is 6.54 Å². The van der Waals surface area contributed by atoms with Gasteiger partial charge in [0.2, 0.25) is 10.9 Å². The molecule has 0 fully saturated rings. The summed E-state index contributed by atoms with van der Waals surface area (Å²) < 4.78 is 32.7. The van der Waals surface area contributed by atoms with Gasteiger partial charge in [0.25, 0.3) is 10.0 Å². The number of nitrogens with one attached hydrogen (secondary N) is 1. The number of aromatic nitrogens is 2. The molecular formula is C12H15N3O5S. The molecule has 0 aliphatic rings. The number of carboxylic acid groups (broad SMARTS) is 1. The van der Waals surface area contributed by atoms with Crippen molar-refractivity contribution in [3.05, 3.63) is 36.6 Å². The maximum absolute atomic E-state index is 11.8. The number of furan rings is 1. The minimum atomic E-state index is -3.81. The van der Waals surface area contributed by atoms with Crippen LogP contribution in [0.4, 0.5) is 0 Å². The van der Waals surface area contributed by atoms with Crippen LogP contribution in [0.5, 0.6) is 0 Å². The molecule has 0 aliphatic heterocycles. The van der Waals surface area contributed by atoms with Crippen LogP contribution in [0.2, 0.25) is 0 Å². The van der Waals surface area contributed by atoms with Crippen LogP contribution >= 0.6 is 0 Å². The predicted molar refractivity (Wildman–Crippen MR) is 72.3 cm³/mol. The van der Waals surface area contributed by atoms with Crippen molar-refractivity contribution >= 4 is 16.0 Å². The summed E-state index contributed by atoms with van der Waals surface area (Å²) >= 11 is 0. The Balaban J connectivity index is 1.79. The second-order valence-corrected chi connectivity index (χ2v) is 6.03. The third-order valence-electron chi connectivity index (χ3n) is 2.75. The van der Waals surface area contributed by atoms with E-state index in [1.807, 2.05) is 10.8 Å². The Kier molecular flexibility index (Phi) is 4.76. The topological polar surface area (TPSA) is 114 Å². The normalized spacial score (nSPS) is 11.6. The number of aromatic carboxylic acids is 1. The molecule has 0 saturated carbocycles. The zero-order valence-corrected chi connectivity index (χ0v) is 11.9. The van der Waals surface area contributed by atoms with Gasteiger partial charge in [-0.15, -0.1) is 0 Å². The highest BCUT2D eigenvalue weighted by Crippen LogP contribution is 2.13. The summed E-state index contributed by atoms with van der Waals surface area (Å²) in [7, 11) is -3.81. The smallest absolute Gasteiger partial charge is 0.371 e. The summed E-state index contributed by atoms with van der Waals surface area (Å²) in [6.07, 6.45) is 6.64. The van der Waals surface area contributed by atoms with Gasteiger partial charge in [-0.3, -0.25) is 0 Å². The monoisotopic (exact) mass is 313 g/mol. The molecule has 0 saturated heterocycles. The molecule has 0 amide bonds. The lowest BCUT2D eigenvalue weighted by atomic mass is 10.3. The van der Waals surface area contributed by atoms with E-state index < -0.39 is 26.8 Å². The summed E-state index contributed by atoms with van der Waals surface area (Å²) in [6, 6.07) is 2.23. The first-order valence-corrected chi connectivity index (χ1v) is 7.76. The highest BCUT2D eigenvalue weighted by Gasteiger charge is 2.20. The number of nitrogens with zero attached hydrogens (tertiary/aromatic N) is 2. The average molecular weight is 313 g/mol. The van der Waals surface area contributed by atoms with Gasteiger partial charge in [0.05, 0.1) is 6.33 Å². The maximum atomic E-state index is 11.8. The first kappa shape index (κ1) is 15.3. The minimum Gasteiger partial charge on any atom is -0.475 e. The number of hydrogen-bond acceptors (Lipinski definition) is 5. The van der Waals surface area contributed by atoms with Crippen molar-refractivity contribution in [3.8, 4) is 0 Å². The lowest BCUT2D eigenvalue weighted by Crippen LogP contribution is -2.24. The molecule has 0 bridgehead atoms. The standard InChI is InChI=1S/C12H15N3O5S/c16-12(17)10-3-4-11(20-10)21(18,19)14-5-1-2-7-15-8-6-13-9-15/h3-4,6,8-9,14H,1-2,5,7H2,(H,16,17). The van der Waals surface area contributed by atoms with Gasteiger partial charge in [-0.25, -0.2) is 22.9 Å². The van der Waals surface area contributed by atoms with Gasteiger partial charge in [-0.1, -0.05) is 0 Å². The number of imidazole rings is 1. The molecule has 114 valence electrons. The van der Waals surface area contributed by atoms with E-state index in [1.54, 1.807) is 12.5 Å². The molecule has 2 aromatic rings. The quantitative estimate of drug-likeness (QED) is 0.701. The van der Waals surface area contributed by atoms with E-state index in [9.17, 15) is 13.2 Å². The van der Waals surface area contributed by atoms with Gasteiger partial charge in [0, 0.05) is 25.5 Å². The third kappa shape index (κ3) is 4.17. The van der Waals surface area contributed by atoms with Crippen molar-refractivity contribution < 1.29 is 22.7 Å². The SMILES string of the molecule is O=C(O)c1ccc(S(=O)(=O)NCCCCn2ccnc2)o1. The molecule has 2 aromatic heterocycles. The van der Waals surface area contributed by atoms with Crippen molar-refractivity contribution in [1.82, 2.24) is 14.3 Å². The number of sulfonamides is 1. The number of rotatable bonds is 8. The Labute approximate surface area is 121 Å². The molecule has 0 aromatic carbocycles. The van der Waals surface area contributed by atoms with Crippen LogP contribution in [0, 0.1) is 0 Å². The van der Waals surface area contributed by atoms with Crippen LogP contribution in [0.3, 0.4) is 0 Å². The van der Waals surface area contributed by atoms with Crippen molar-refractivity contribution in [2.75, 3.05) is 6.54 Å². The van der Waals surface area contributed by atoms with E-state index in [0.29, 0.717) is 6.42 Å². The van der Waals surface area contributed by atoms with Gasteiger partial charge < -0.3 is 14.1 Å². The third-order valence-corrected chi connectivity index (χ3v) is 4.08. The molecule has 21 heavy (non-hydrogen) atoms. The first-order chi connectivity index (χ1) is 9.99. The number of carbonyl (C=O) groups is 1. The molecule has 2 N–H and O–H groups in total. The number of hydrogen-bond donors (Lipinski definition) is 2. The van der Waals surface area contributed by atoms with E-state index in [1.165, 1.54) is 0 Å². The number of unbranched alkanes of at least 4 members (excludes halogenated alkanes) is 1. The summed E-state index contributed by atoms with van der Waals surface area (Å²) in [5, 5.41) is 8.29. The highest BCUT2D eigenvalue weighted by molar-refractivity contribution is 7.89. The molecule has 9 heteroatoms. The fourth-order valence-electron chi connectivity index (χ4n) is 1.70. The van der Waals surface area contributed by atoms with Crippen molar-refractivity contribution in [2.24, 2.45) is 0 Å². The van der Waals surface area contributed by atoms with Crippen molar-refractivity contribution in [1.29, 1.82) is 0 Å². The Morgan fingerprint density at radius 3 is 2.81 bits per heavy atom. The zero-order valence-electron chi connectivity index (χ0n) is 11.1. The molecular weight excluding hydrogens is 298 g/mol. The fraction of sp³-hybridized carbons (Fsp3) is 0.333. The molecule has 0 spiro atoms. The van der Waals surface area contributed by atoms with Gasteiger partial charge >= 0.3 is 5.97 Å². The molecule has 0 aliphatic carbocycles. The number of aryl methyl sites for hydroxylation is 1. The molecule has 2 heterocycles. The largest absolute Gasteiger partial charge is 0.475 e. The summed E-state index contributed by atoms with van der Waals surface area (Å²) in [5.41, 5.74) is 0. The van der Waals surface area contributed by atoms with Gasteiger partial charge in [0.15, 0.2) is 0 Å². The highest BCUT2D eigenvalue weighted by atomic mass is 32.2. The molecule has 0 unspecified atom stereocenters. The predicted octanol–water partition coefficient (Wildman–Crippen LogP) is 0.933. The van der Waals surface area contributed by atoms with Crippen molar-refractivity contribution in [3.63, 3.8) is 0 Å². The van der Waals surface area contributed by atoms with Crippen LogP contribution in [-0.4, -0.2) is 35.6 Å². The van der Waals surface area contributed by atoms with Crippen LogP contribution in [0.1, 0.15) is 23.4 Å². The van der Waals surface area contributed by atoms with Crippen LogP contribution < -0.4 is 4.72 Å².